The monoisotopic (exact) mass is 438 g/mol. The highest BCUT2D eigenvalue weighted by Crippen LogP contribution is 2.21. The van der Waals surface area contributed by atoms with E-state index in [1.54, 1.807) is 23.3 Å². The number of rotatable bonds is 5. The Morgan fingerprint density at radius 2 is 1.94 bits per heavy atom. The molecule has 1 saturated heterocycles. The van der Waals surface area contributed by atoms with Gasteiger partial charge in [0.25, 0.3) is 0 Å². The predicted octanol–water partition coefficient (Wildman–Crippen LogP) is 1.59. The second kappa shape index (κ2) is 7.65. The van der Waals surface area contributed by atoms with Gasteiger partial charge in [0.1, 0.15) is 0 Å². The summed E-state index contributed by atoms with van der Waals surface area (Å²) >= 11 is 0. The molecule has 0 unspecified atom stereocenters. The first kappa shape index (κ1) is 19.5. The van der Waals surface area contributed by atoms with Crippen LogP contribution in [-0.2, 0) is 23.4 Å². The molecule has 4 aromatic rings. The predicted molar refractivity (Wildman–Crippen MR) is 118 cm³/mol. The molecule has 0 atom stereocenters. The number of hydrogen-bond donors (Lipinski definition) is 1. The maximum Gasteiger partial charge on any atom is 0.229 e. The zero-order chi connectivity index (χ0) is 21.4. The lowest BCUT2D eigenvalue weighted by molar-refractivity contribution is 0.587. The third-order valence-electron chi connectivity index (χ3n) is 5.29. The molecule has 1 aromatic carbocycles. The van der Waals surface area contributed by atoms with Gasteiger partial charge in [-0.05, 0) is 17.7 Å². The topological polar surface area (TPSA) is 111 Å². The van der Waals surface area contributed by atoms with Gasteiger partial charge in [0.05, 0.1) is 41.5 Å². The number of aromatic nitrogens is 6. The standard InChI is InChI=1S/C20H22N8O2S/c1-26-14-17(12-22-26)24-20-21-10-16-11-23-28(19(16)25-20)13-15-3-2-4-18(9-15)27-5-7-31(29,30)8-6-27/h2-4,9-12,14H,5-8,13H2,1H3,(H,21,24,25). The smallest absolute Gasteiger partial charge is 0.229 e. The van der Waals surface area contributed by atoms with Gasteiger partial charge in [0.2, 0.25) is 5.95 Å². The lowest BCUT2D eigenvalue weighted by Crippen LogP contribution is -2.40. The van der Waals surface area contributed by atoms with Crippen LogP contribution >= 0.6 is 0 Å². The van der Waals surface area contributed by atoms with E-state index < -0.39 is 9.84 Å². The van der Waals surface area contributed by atoms with Crippen molar-refractivity contribution in [1.29, 1.82) is 0 Å². The fourth-order valence-corrected chi connectivity index (χ4v) is 4.85. The molecule has 11 heteroatoms. The Morgan fingerprint density at radius 1 is 1.10 bits per heavy atom. The lowest BCUT2D eigenvalue weighted by atomic mass is 10.2. The highest BCUT2D eigenvalue weighted by Gasteiger charge is 2.21. The van der Waals surface area contributed by atoms with E-state index >= 15 is 0 Å². The van der Waals surface area contributed by atoms with Gasteiger partial charge in [-0.3, -0.25) is 4.68 Å². The van der Waals surface area contributed by atoms with Crippen LogP contribution in [0.4, 0.5) is 17.3 Å². The van der Waals surface area contributed by atoms with Crippen molar-refractivity contribution in [2.24, 2.45) is 7.05 Å². The van der Waals surface area contributed by atoms with E-state index in [0.717, 1.165) is 28.0 Å². The van der Waals surface area contributed by atoms with E-state index in [-0.39, 0.29) is 11.5 Å². The maximum absolute atomic E-state index is 11.7. The van der Waals surface area contributed by atoms with Crippen molar-refractivity contribution in [2.75, 3.05) is 34.8 Å². The Morgan fingerprint density at radius 3 is 2.71 bits per heavy atom. The van der Waals surface area contributed by atoms with Crippen LogP contribution in [0.5, 0.6) is 0 Å². The zero-order valence-corrected chi connectivity index (χ0v) is 17.8. The van der Waals surface area contributed by atoms with Gasteiger partial charge in [-0.15, -0.1) is 0 Å². The van der Waals surface area contributed by atoms with E-state index in [0.29, 0.717) is 25.6 Å². The third kappa shape index (κ3) is 4.22. The van der Waals surface area contributed by atoms with Crippen LogP contribution in [-0.4, -0.2) is 62.5 Å². The van der Waals surface area contributed by atoms with Crippen molar-refractivity contribution < 1.29 is 8.42 Å². The molecule has 1 N–H and O–H groups in total. The Balaban J connectivity index is 1.37. The lowest BCUT2D eigenvalue weighted by Gasteiger charge is -2.29. The molecule has 1 fully saturated rings. The Labute approximate surface area is 179 Å². The molecule has 0 amide bonds. The average Bonchev–Trinajstić information content (AvgIpc) is 3.34. The van der Waals surface area contributed by atoms with Crippen LogP contribution in [0.25, 0.3) is 11.0 Å². The molecule has 0 bridgehead atoms. The molecule has 160 valence electrons. The minimum atomic E-state index is -2.91. The van der Waals surface area contributed by atoms with Gasteiger partial charge in [0.15, 0.2) is 15.5 Å². The first-order valence-corrected chi connectivity index (χ1v) is 11.8. The van der Waals surface area contributed by atoms with Crippen molar-refractivity contribution in [1.82, 2.24) is 29.5 Å². The molecule has 0 aliphatic carbocycles. The van der Waals surface area contributed by atoms with Crippen molar-refractivity contribution in [3.05, 3.63) is 54.6 Å². The van der Waals surface area contributed by atoms with Crippen LogP contribution in [0.1, 0.15) is 5.56 Å². The number of benzene rings is 1. The quantitative estimate of drug-likeness (QED) is 0.500. The fourth-order valence-electron chi connectivity index (χ4n) is 3.65. The summed E-state index contributed by atoms with van der Waals surface area (Å²) in [5, 5.41) is 12.6. The maximum atomic E-state index is 11.7. The first-order chi connectivity index (χ1) is 14.9. The van der Waals surface area contributed by atoms with Crippen LogP contribution in [0.2, 0.25) is 0 Å². The summed E-state index contributed by atoms with van der Waals surface area (Å²) in [4.78, 5) is 11.1. The minimum absolute atomic E-state index is 0.199. The number of nitrogens with one attached hydrogen (secondary N) is 1. The number of anilines is 3. The molecule has 31 heavy (non-hydrogen) atoms. The highest BCUT2D eigenvalue weighted by atomic mass is 32.2. The summed E-state index contributed by atoms with van der Waals surface area (Å²) in [5.41, 5.74) is 3.63. The van der Waals surface area contributed by atoms with E-state index in [9.17, 15) is 8.42 Å². The fraction of sp³-hybridized carbons (Fsp3) is 0.300. The molecule has 4 heterocycles. The highest BCUT2D eigenvalue weighted by molar-refractivity contribution is 7.91. The first-order valence-electron chi connectivity index (χ1n) is 9.94. The summed E-state index contributed by atoms with van der Waals surface area (Å²) in [6.45, 7) is 1.59. The Hall–Kier alpha value is -3.47. The Bertz CT molecular complexity index is 1330. The summed E-state index contributed by atoms with van der Waals surface area (Å²) in [7, 11) is -1.06. The second-order valence-electron chi connectivity index (χ2n) is 7.61. The van der Waals surface area contributed by atoms with Crippen molar-refractivity contribution in [3.63, 3.8) is 0 Å². The number of sulfone groups is 1. The van der Waals surface area contributed by atoms with Gasteiger partial charge < -0.3 is 10.2 Å². The van der Waals surface area contributed by atoms with Gasteiger partial charge in [-0.2, -0.15) is 15.2 Å². The largest absolute Gasteiger partial charge is 0.369 e. The summed E-state index contributed by atoms with van der Waals surface area (Å²) in [5.74, 6) is 0.875. The zero-order valence-electron chi connectivity index (χ0n) is 17.0. The van der Waals surface area contributed by atoms with E-state index in [1.165, 1.54) is 0 Å². The molecule has 0 spiro atoms. The molecule has 3 aromatic heterocycles. The molecule has 0 saturated carbocycles. The summed E-state index contributed by atoms with van der Waals surface area (Å²) in [6.07, 6.45) is 7.06. The molecular weight excluding hydrogens is 416 g/mol. The number of hydrogen-bond acceptors (Lipinski definition) is 8. The van der Waals surface area contributed by atoms with Gasteiger partial charge in [0, 0.05) is 38.2 Å². The van der Waals surface area contributed by atoms with E-state index in [4.69, 9.17) is 0 Å². The van der Waals surface area contributed by atoms with Crippen LogP contribution < -0.4 is 10.2 Å². The van der Waals surface area contributed by atoms with Gasteiger partial charge >= 0.3 is 0 Å². The van der Waals surface area contributed by atoms with Crippen LogP contribution in [0.3, 0.4) is 0 Å². The average molecular weight is 439 g/mol. The molecular formula is C20H22N8O2S. The second-order valence-corrected chi connectivity index (χ2v) is 9.91. The van der Waals surface area contributed by atoms with Crippen molar-refractivity contribution >= 4 is 38.2 Å². The molecule has 0 radical (unpaired) electrons. The summed E-state index contributed by atoms with van der Waals surface area (Å²) in [6, 6.07) is 8.12. The molecule has 5 rings (SSSR count). The van der Waals surface area contributed by atoms with E-state index in [1.807, 2.05) is 36.1 Å². The van der Waals surface area contributed by atoms with Crippen molar-refractivity contribution in [2.45, 2.75) is 6.54 Å². The molecule has 10 nitrogen and oxygen atoms in total. The minimum Gasteiger partial charge on any atom is -0.369 e. The molecule has 1 aliphatic rings. The van der Waals surface area contributed by atoms with Crippen LogP contribution in [0, 0.1) is 0 Å². The van der Waals surface area contributed by atoms with Gasteiger partial charge in [-0.25, -0.2) is 18.1 Å². The van der Waals surface area contributed by atoms with Crippen molar-refractivity contribution in [3.8, 4) is 0 Å². The Kier molecular flexibility index (Phi) is 4.81. The SMILES string of the molecule is Cn1cc(Nc2ncc3cnn(Cc4cccc(N5CCS(=O)(=O)CC5)c4)c3n2)cn1. The van der Waals surface area contributed by atoms with Crippen LogP contribution in [0.15, 0.2) is 49.1 Å². The molecule has 1 aliphatic heterocycles. The third-order valence-corrected chi connectivity index (χ3v) is 6.90. The number of aryl methyl sites for hydroxylation is 1. The normalized spacial score (nSPS) is 16.0. The van der Waals surface area contributed by atoms with E-state index in [2.05, 4.69) is 36.4 Å². The number of fused-ring (bicyclic) bond motifs is 1. The van der Waals surface area contributed by atoms with Gasteiger partial charge in [-0.1, -0.05) is 12.1 Å². The summed E-state index contributed by atoms with van der Waals surface area (Å²) < 4.78 is 27.0. The number of nitrogens with zero attached hydrogens (tertiary/aromatic N) is 7.